The average Bonchev–Trinajstić information content (AvgIpc) is 2.27. The topological polar surface area (TPSA) is 12.0 Å². The minimum atomic E-state index is 0.412. The summed E-state index contributed by atoms with van der Waals surface area (Å²) in [5.74, 6) is 0.759. The molecule has 1 rings (SSSR count). The molecule has 0 amide bonds. The molecule has 0 heterocycles. The number of hydrogen-bond acceptors (Lipinski definition) is 1. The molecule has 16 heavy (non-hydrogen) atoms. The van der Waals surface area contributed by atoms with Crippen molar-refractivity contribution >= 4 is 15.9 Å². The number of rotatable bonds is 6. The largest absolute Gasteiger partial charge is 0.310 e. The van der Waals surface area contributed by atoms with Crippen LogP contribution in [0.2, 0.25) is 0 Å². The van der Waals surface area contributed by atoms with Crippen molar-refractivity contribution in [3.63, 3.8) is 0 Å². The van der Waals surface area contributed by atoms with Crippen molar-refractivity contribution in [3.05, 3.63) is 34.3 Å². The van der Waals surface area contributed by atoms with Gasteiger partial charge in [-0.3, -0.25) is 0 Å². The molecule has 0 aromatic heterocycles. The van der Waals surface area contributed by atoms with Gasteiger partial charge in [0, 0.05) is 10.5 Å². The average molecular weight is 284 g/mol. The highest BCUT2D eigenvalue weighted by molar-refractivity contribution is 9.10. The molecule has 0 saturated heterocycles. The van der Waals surface area contributed by atoms with Crippen LogP contribution in [0.3, 0.4) is 0 Å². The third-order valence-corrected chi connectivity index (χ3v) is 3.65. The van der Waals surface area contributed by atoms with Crippen LogP contribution in [-0.4, -0.2) is 6.54 Å². The minimum absolute atomic E-state index is 0.412. The lowest BCUT2D eigenvalue weighted by atomic mass is 10.0. The molecule has 1 aromatic rings. The Bertz CT molecular complexity index is 311. The van der Waals surface area contributed by atoms with E-state index in [9.17, 15) is 0 Å². The fourth-order valence-corrected chi connectivity index (χ4v) is 2.54. The second-order valence-corrected chi connectivity index (χ2v) is 5.40. The zero-order valence-corrected chi connectivity index (χ0v) is 12.0. The van der Waals surface area contributed by atoms with E-state index < -0.39 is 0 Å². The summed E-state index contributed by atoms with van der Waals surface area (Å²) in [5.41, 5.74) is 1.34. The van der Waals surface area contributed by atoms with Crippen LogP contribution in [-0.2, 0) is 0 Å². The van der Waals surface area contributed by atoms with Gasteiger partial charge in [-0.1, -0.05) is 54.4 Å². The first-order valence-electron chi connectivity index (χ1n) is 6.13. The first-order valence-corrected chi connectivity index (χ1v) is 6.92. The predicted octanol–water partition coefficient (Wildman–Crippen LogP) is 4.54. The molecular formula is C14H22BrN. The standard InChI is InChI=1S/C14H22BrN/c1-4-7-11(2)10-16-12(3)13-8-5-6-9-14(13)15/h5-6,8-9,11-12,16H,4,7,10H2,1-3H3/t11?,12-/m0/s1. The predicted molar refractivity (Wildman–Crippen MR) is 74.6 cm³/mol. The molecule has 0 aliphatic carbocycles. The fourth-order valence-electron chi connectivity index (χ4n) is 1.91. The van der Waals surface area contributed by atoms with Crippen molar-refractivity contribution in [3.8, 4) is 0 Å². The van der Waals surface area contributed by atoms with E-state index >= 15 is 0 Å². The van der Waals surface area contributed by atoms with Crippen molar-refractivity contribution in [2.24, 2.45) is 5.92 Å². The van der Waals surface area contributed by atoms with Crippen molar-refractivity contribution in [1.82, 2.24) is 5.32 Å². The SMILES string of the molecule is CCCC(C)CN[C@@H](C)c1ccccc1Br. The maximum absolute atomic E-state index is 3.59. The molecule has 0 aliphatic rings. The van der Waals surface area contributed by atoms with Crippen LogP contribution in [0.15, 0.2) is 28.7 Å². The molecule has 0 bridgehead atoms. The molecule has 0 saturated carbocycles. The van der Waals surface area contributed by atoms with Gasteiger partial charge < -0.3 is 5.32 Å². The van der Waals surface area contributed by atoms with Gasteiger partial charge in [0.25, 0.3) is 0 Å². The molecule has 1 aromatic carbocycles. The van der Waals surface area contributed by atoms with Crippen molar-refractivity contribution in [1.29, 1.82) is 0 Å². The van der Waals surface area contributed by atoms with Crippen LogP contribution < -0.4 is 5.32 Å². The minimum Gasteiger partial charge on any atom is -0.310 e. The quantitative estimate of drug-likeness (QED) is 0.809. The first kappa shape index (κ1) is 13.7. The van der Waals surface area contributed by atoms with Gasteiger partial charge in [-0.2, -0.15) is 0 Å². The van der Waals surface area contributed by atoms with Gasteiger partial charge in [-0.25, -0.2) is 0 Å². The monoisotopic (exact) mass is 283 g/mol. The maximum atomic E-state index is 3.59. The second kappa shape index (κ2) is 7.08. The highest BCUT2D eigenvalue weighted by atomic mass is 79.9. The van der Waals surface area contributed by atoms with E-state index in [0.717, 1.165) is 12.5 Å². The van der Waals surface area contributed by atoms with Crippen LogP contribution >= 0.6 is 15.9 Å². The van der Waals surface area contributed by atoms with Crippen LogP contribution in [0.5, 0.6) is 0 Å². The Labute approximate surface area is 108 Å². The number of hydrogen-bond donors (Lipinski definition) is 1. The van der Waals surface area contributed by atoms with Crippen molar-refractivity contribution in [2.45, 2.75) is 39.7 Å². The summed E-state index contributed by atoms with van der Waals surface area (Å²) in [7, 11) is 0. The van der Waals surface area contributed by atoms with Gasteiger partial charge in [0.2, 0.25) is 0 Å². The highest BCUT2D eigenvalue weighted by Crippen LogP contribution is 2.22. The van der Waals surface area contributed by atoms with E-state index in [1.54, 1.807) is 0 Å². The van der Waals surface area contributed by atoms with E-state index in [0.29, 0.717) is 6.04 Å². The summed E-state index contributed by atoms with van der Waals surface area (Å²) in [6.07, 6.45) is 2.57. The Morgan fingerprint density at radius 3 is 2.56 bits per heavy atom. The summed E-state index contributed by atoms with van der Waals surface area (Å²) >= 11 is 3.59. The Morgan fingerprint density at radius 1 is 1.25 bits per heavy atom. The number of nitrogens with one attached hydrogen (secondary N) is 1. The Balaban J connectivity index is 2.46. The van der Waals surface area contributed by atoms with E-state index in [1.165, 1.54) is 22.9 Å². The molecule has 0 fully saturated rings. The van der Waals surface area contributed by atoms with Gasteiger partial charge in [0.15, 0.2) is 0 Å². The molecule has 2 heteroatoms. The van der Waals surface area contributed by atoms with Gasteiger partial charge in [-0.05, 0) is 37.4 Å². The maximum Gasteiger partial charge on any atom is 0.0303 e. The van der Waals surface area contributed by atoms with Gasteiger partial charge in [0.1, 0.15) is 0 Å². The summed E-state index contributed by atoms with van der Waals surface area (Å²) in [5, 5.41) is 3.59. The normalized spacial score (nSPS) is 14.8. The third kappa shape index (κ3) is 4.26. The van der Waals surface area contributed by atoms with Crippen LogP contribution in [0.25, 0.3) is 0 Å². The van der Waals surface area contributed by atoms with Crippen LogP contribution in [0, 0.1) is 5.92 Å². The molecule has 0 spiro atoms. The Kier molecular flexibility index (Phi) is 6.07. The highest BCUT2D eigenvalue weighted by Gasteiger charge is 2.09. The van der Waals surface area contributed by atoms with Gasteiger partial charge >= 0.3 is 0 Å². The zero-order valence-electron chi connectivity index (χ0n) is 10.5. The van der Waals surface area contributed by atoms with E-state index in [2.05, 4.69) is 66.3 Å². The molecular weight excluding hydrogens is 262 g/mol. The Morgan fingerprint density at radius 2 is 1.94 bits per heavy atom. The summed E-state index contributed by atoms with van der Waals surface area (Å²) in [6, 6.07) is 8.83. The second-order valence-electron chi connectivity index (χ2n) is 4.55. The lowest BCUT2D eigenvalue weighted by Crippen LogP contribution is -2.24. The Hall–Kier alpha value is -0.340. The third-order valence-electron chi connectivity index (χ3n) is 2.93. The lowest BCUT2D eigenvalue weighted by Gasteiger charge is -2.18. The summed E-state index contributed by atoms with van der Waals surface area (Å²) < 4.78 is 1.19. The molecule has 90 valence electrons. The zero-order chi connectivity index (χ0) is 12.0. The van der Waals surface area contributed by atoms with E-state index in [4.69, 9.17) is 0 Å². The summed E-state index contributed by atoms with van der Waals surface area (Å²) in [4.78, 5) is 0. The van der Waals surface area contributed by atoms with Crippen LogP contribution in [0.1, 0.15) is 45.2 Å². The molecule has 1 N–H and O–H groups in total. The molecule has 2 atom stereocenters. The van der Waals surface area contributed by atoms with Crippen molar-refractivity contribution < 1.29 is 0 Å². The lowest BCUT2D eigenvalue weighted by molar-refractivity contribution is 0.443. The smallest absolute Gasteiger partial charge is 0.0303 e. The number of benzene rings is 1. The molecule has 0 aliphatic heterocycles. The van der Waals surface area contributed by atoms with Crippen molar-refractivity contribution in [2.75, 3.05) is 6.54 Å². The number of halogens is 1. The fraction of sp³-hybridized carbons (Fsp3) is 0.571. The van der Waals surface area contributed by atoms with E-state index in [-0.39, 0.29) is 0 Å². The van der Waals surface area contributed by atoms with Gasteiger partial charge in [-0.15, -0.1) is 0 Å². The summed E-state index contributed by atoms with van der Waals surface area (Å²) in [6.45, 7) is 7.87. The van der Waals surface area contributed by atoms with E-state index in [1.807, 2.05) is 0 Å². The first-order chi connectivity index (χ1) is 7.65. The van der Waals surface area contributed by atoms with Crippen LogP contribution in [0.4, 0.5) is 0 Å². The molecule has 1 unspecified atom stereocenters. The van der Waals surface area contributed by atoms with Gasteiger partial charge in [0.05, 0.1) is 0 Å². The molecule has 1 nitrogen and oxygen atoms in total. The molecule has 0 radical (unpaired) electrons.